The van der Waals surface area contributed by atoms with E-state index in [1.54, 1.807) is 0 Å². The number of benzene rings is 1. The Morgan fingerprint density at radius 2 is 1.45 bits per heavy atom. The normalized spacial score (nSPS) is 12.9. The Morgan fingerprint density at radius 3 is 1.85 bits per heavy atom. The number of carbonyl (C=O) groups is 3. The van der Waals surface area contributed by atoms with E-state index in [4.69, 9.17) is 10.2 Å². The van der Waals surface area contributed by atoms with Gasteiger partial charge in [0.2, 0.25) is 0 Å². The number of aliphatic carboxylic acids is 2. The zero-order chi connectivity index (χ0) is 14.7. The lowest BCUT2D eigenvalue weighted by atomic mass is 10.1. The van der Waals surface area contributed by atoms with Gasteiger partial charge in [-0.2, -0.15) is 0 Å². The minimum atomic E-state index is -1.24. The SMILES string of the molecule is O=C(O)CN(CC(=O)O)C(=O)N1Cc2ccccc2C1. The summed E-state index contributed by atoms with van der Waals surface area (Å²) in [5.41, 5.74) is 1.98. The highest BCUT2D eigenvalue weighted by molar-refractivity contribution is 5.84. The molecule has 0 aliphatic carbocycles. The van der Waals surface area contributed by atoms with Crippen LogP contribution in [0.5, 0.6) is 0 Å². The second kappa shape index (κ2) is 5.60. The van der Waals surface area contributed by atoms with Crippen molar-refractivity contribution in [3.8, 4) is 0 Å². The van der Waals surface area contributed by atoms with Gasteiger partial charge in [-0.1, -0.05) is 24.3 Å². The zero-order valence-electron chi connectivity index (χ0n) is 10.7. The minimum Gasteiger partial charge on any atom is -0.480 e. The molecule has 0 saturated heterocycles. The van der Waals surface area contributed by atoms with E-state index < -0.39 is 31.1 Å². The van der Waals surface area contributed by atoms with Gasteiger partial charge in [0.05, 0.1) is 0 Å². The third-order valence-electron chi connectivity index (χ3n) is 3.03. The summed E-state index contributed by atoms with van der Waals surface area (Å²) in [6.45, 7) is -0.522. The Morgan fingerprint density at radius 1 is 1.00 bits per heavy atom. The molecule has 1 heterocycles. The van der Waals surface area contributed by atoms with Crippen LogP contribution < -0.4 is 0 Å². The molecule has 0 aromatic heterocycles. The highest BCUT2D eigenvalue weighted by atomic mass is 16.4. The van der Waals surface area contributed by atoms with E-state index in [2.05, 4.69) is 0 Å². The summed E-state index contributed by atoms with van der Waals surface area (Å²) in [5, 5.41) is 17.5. The Balaban J connectivity index is 2.09. The van der Waals surface area contributed by atoms with Crippen molar-refractivity contribution in [2.45, 2.75) is 13.1 Å². The summed E-state index contributed by atoms with van der Waals surface area (Å²) in [7, 11) is 0. The standard InChI is InChI=1S/C13H14N2O5/c16-11(17)7-15(8-12(18)19)13(20)14-5-9-3-1-2-4-10(9)6-14/h1-4H,5-8H2,(H,16,17)(H,18,19). The number of hydrogen-bond donors (Lipinski definition) is 2. The average molecular weight is 278 g/mol. The predicted molar refractivity (Wildman–Crippen MR) is 67.9 cm³/mol. The molecule has 1 aromatic rings. The summed E-state index contributed by atoms with van der Waals surface area (Å²) in [5.74, 6) is -2.48. The van der Waals surface area contributed by atoms with Crippen LogP contribution in [-0.2, 0) is 22.7 Å². The number of hydrogen-bond acceptors (Lipinski definition) is 3. The summed E-state index contributed by atoms with van der Waals surface area (Å²) >= 11 is 0. The van der Waals surface area contributed by atoms with Crippen LogP contribution in [0.15, 0.2) is 24.3 Å². The third kappa shape index (κ3) is 3.05. The quantitative estimate of drug-likeness (QED) is 0.840. The average Bonchev–Trinajstić information content (AvgIpc) is 2.79. The van der Waals surface area contributed by atoms with Crippen LogP contribution in [0.2, 0.25) is 0 Å². The Hall–Kier alpha value is -2.57. The number of rotatable bonds is 4. The van der Waals surface area contributed by atoms with E-state index in [9.17, 15) is 14.4 Å². The fourth-order valence-corrected chi connectivity index (χ4v) is 2.19. The molecule has 1 aliphatic rings. The van der Waals surface area contributed by atoms with Gasteiger partial charge in [-0.05, 0) is 11.1 Å². The number of fused-ring (bicyclic) bond motifs is 1. The molecule has 0 spiro atoms. The van der Waals surface area contributed by atoms with Gasteiger partial charge in [0, 0.05) is 13.1 Å². The van der Waals surface area contributed by atoms with Crippen molar-refractivity contribution in [3.63, 3.8) is 0 Å². The molecule has 2 N–H and O–H groups in total. The molecular formula is C13H14N2O5. The van der Waals surface area contributed by atoms with Gasteiger partial charge < -0.3 is 20.0 Å². The van der Waals surface area contributed by atoms with Crippen molar-refractivity contribution in [2.24, 2.45) is 0 Å². The third-order valence-corrected chi connectivity index (χ3v) is 3.03. The maximum atomic E-state index is 12.2. The van der Waals surface area contributed by atoms with Gasteiger partial charge in [0.15, 0.2) is 0 Å². The van der Waals surface area contributed by atoms with E-state index >= 15 is 0 Å². The van der Waals surface area contributed by atoms with Crippen LogP contribution in [0.4, 0.5) is 4.79 Å². The van der Waals surface area contributed by atoms with Crippen LogP contribution in [-0.4, -0.2) is 51.1 Å². The van der Waals surface area contributed by atoms with Crippen LogP contribution in [0.3, 0.4) is 0 Å². The molecule has 0 saturated carbocycles. The summed E-state index contributed by atoms with van der Waals surface area (Å²) in [6, 6.07) is 6.92. The molecule has 1 aliphatic heterocycles. The van der Waals surface area contributed by atoms with Gasteiger partial charge in [0.1, 0.15) is 13.1 Å². The van der Waals surface area contributed by atoms with E-state index in [-0.39, 0.29) is 0 Å². The smallest absolute Gasteiger partial charge is 0.323 e. The summed E-state index contributed by atoms with van der Waals surface area (Å²) < 4.78 is 0. The molecule has 7 heteroatoms. The maximum absolute atomic E-state index is 12.2. The van der Waals surface area contributed by atoms with Gasteiger partial charge >= 0.3 is 18.0 Å². The first kappa shape index (κ1) is 13.9. The second-order valence-corrected chi connectivity index (χ2v) is 4.55. The van der Waals surface area contributed by atoms with Gasteiger partial charge in [-0.3, -0.25) is 9.59 Å². The number of carboxylic acids is 2. The maximum Gasteiger partial charge on any atom is 0.323 e. The van der Waals surface area contributed by atoms with E-state index in [0.717, 1.165) is 16.0 Å². The van der Waals surface area contributed by atoms with Crippen LogP contribution in [0.25, 0.3) is 0 Å². The fraction of sp³-hybridized carbons (Fsp3) is 0.308. The minimum absolute atomic E-state index is 0.366. The van der Waals surface area contributed by atoms with E-state index in [1.165, 1.54) is 4.90 Å². The molecule has 106 valence electrons. The first-order valence-electron chi connectivity index (χ1n) is 6.01. The van der Waals surface area contributed by atoms with Crippen LogP contribution >= 0.6 is 0 Å². The molecule has 0 unspecified atom stereocenters. The largest absolute Gasteiger partial charge is 0.480 e. The van der Waals surface area contributed by atoms with E-state index in [0.29, 0.717) is 13.1 Å². The predicted octanol–water partition coefficient (Wildman–Crippen LogP) is 0.593. The first-order valence-corrected chi connectivity index (χ1v) is 6.01. The number of amides is 2. The summed E-state index contributed by atoms with van der Waals surface area (Å²) in [6.07, 6.45) is 0. The van der Waals surface area contributed by atoms with Crippen LogP contribution in [0, 0.1) is 0 Å². The highest BCUT2D eigenvalue weighted by Crippen LogP contribution is 2.23. The van der Waals surface area contributed by atoms with Gasteiger partial charge in [-0.25, -0.2) is 4.79 Å². The Labute approximate surface area is 115 Å². The molecule has 0 fully saturated rings. The number of nitrogens with zero attached hydrogens (tertiary/aromatic N) is 2. The zero-order valence-corrected chi connectivity index (χ0v) is 10.7. The topological polar surface area (TPSA) is 98.1 Å². The molecule has 7 nitrogen and oxygen atoms in total. The lowest BCUT2D eigenvalue weighted by molar-refractivity contribution is -0.140. The number of urea groups is 1. The molecule has 0 bridgehead atoms. The lowest BCUT2D eigenvalue weighted by Crippen LogP contribution is -2.45. The Kier molecular flexibility index (Phi) is 3.88. The second-order valence-electron chi connectivity index (χ2n) is 4.55. The molecule has 2 amide bonds. The summed E-state index contributed by atoms with van der Waals surface area (Å²) in [4.78, 5) is 35.9. The van der Waals surface area contributed by atoms with Crippen molar-refractivity contribution >= 4 is 18.0 Å². The van der Waals surface area contributed by atoms with Crippen molar-refractivity contribution in [2.75, 3.05) is 13.1 Å². The molecule has 1 aromatic carbocycles. The fourth-order valence-electron chi connectivity index (χ4n) is 2.19. The Bertz CT molecular complexity index is 516. The monoisotopic (exact) mass is 278 g/mol. The van der Waals surface area contributed by atoms with Crippen LogP contribution in [0.1, 0.15) is 11.1 Å². The van der Waals surface area contributed by atoms with Crippen molar-refractivity contribution in [1.29, 1.82) is 0 Å². The van der Waals surface area contributed by atoms with Crippen molar-refractivity contribution in [3.05, 3.63) is 35.4 Å². The van der Waals surface area contributed by atoms with Gasteiger partial charge in [0.25, 0.3) is 0 Å². The highest BCUT2D eigenvalue weighted by Gasteiger charge is 2.29. The molecule has 20 heavy (non-hydrogen) atoms. The van der Waals surface area contributed by atoms with Crippen molar-refractivity contribution in [1.82, 2.24) is 9.80 Å². The molecule has 0 radical (unpaired) electrons. The van der Waals surface area contributed by atoms with Gasteiger partial charge in [-0.15, -0.1) is 0 Å². The lowest BCUT2D eigenvalue weighted by Gasteiger charge is -2.25. The molecule has 0 atom stereocenters. The number of carbonyl (C=O) groups excluding carboxylic acids is 1. The van der Waals surface area contributed by atoms with Crippen molar-refractivity contribution < 1.29 is 24.6 Å². The molecular weight excluding hydrogens is 264 g/mol. The number of carboxylic acid groups (broad SMARTS) is 2. The first-order chi connectivity index (χ1) is 9.47. The molecule has 2 rings (SSSR count). The van der Waals surface area contributed by atoms with E-state index in [1.807, 2.05) is 24.3 Å².